The summed E-state index contributed by atoms with van der Waals surface area (Å²) in [5.74, 6) is 0.711. The van der Waals surface area contributed by atoms with E-state index in [2.05, 4.69) is 4.98 Å². The van der Waals surface area contributed by atoms with Crippen LogP contribution in [-0.4, -0.2) is 69.0 Å². The summed E-state index contributed by atoms with van der Waals surface area (Å²) in [6.45, 7) is 2.40. The molecule has 8 heteroatoms. The monoisotopic (exact) mass is 327 g/mol. The molecule has 2 fully saturated rings. The van der Waals surface area contributed by atoms with Gasteiger partial charge in [-0.2, -0.15) is 17.0 Å². The van der Waals surface area contributed by atoms with Gasteiger partial charge in [0.15, 0.2) is 0 Å². The lowest BCUT2D eigenvalue weighted by Crippen LogP contribution is -2.42. The molecule has 0 spiro atoms. The van der Waals surface area contributed by atoms with Crippen molar-refractivity contribution >= 4 is 10.2 Å². The van der Waals surface area contributed by atoms with E-state index in [9.17, 15) is 8.42 Å². The van der Waals surface area contributed by atoms with E-state index in [0.29, 0.717) is 38.8 Å². The quantitative estimate of drug-likeness (QED) is 0.773. The molecule has 0 N–H and O–H groups in total. The van der Waals surface area contributed by atoms with Gasteiger partial charge in [-0.05, 0) is 6.07 Å². The van der Waals surface area contributed by atoms with E-state index >= 15 is 0 Å². The molecule has 0 amide bonds. The summed E-state index contributed by atoms with van der Waals surface area (Å²) in [5.41, 5.74) is -0.291. The lowest BCUT2D eigenvalue weighted by Gasteiger charge is -2.27. The molecule has 3 heterocycles. The summed E-state index contributed by atoms with van der Waals surface area (Å²) in [6, 6.07) is 5.48. The summed E-state index contributed by atoms with van der Waals surface area (Å²) < 4.78 is 38.8. The molecule has 0 aliphatic carbocycles. The van der Waals surface area contributed by atoms with E-state index in [1.54, 1.807) is 26.4 Å². The van der Waals surface area contributed by atoms with Crippen molar-refractivity contribution in [2.24, 2.45) is 11.3 Å². The first-order valence-electron chi connectivity index (χ1n) is 7.23. The highest BCUT2D eigenvalue weighted by Crippen LogP contribution is 2.42. The summed E-state index contributed by atoms with van der Waals surface area (Å²) >= 11 is 0. The summed E-state index contributed by atoms with van der Waals surface area (Å²) in [5, 5.41) is 0. The van der Waals surface area contributed by atoms with Gasteiger partial charge >= 0.3 is 0 Å². The van der Waals surface area contributed by atoms with Crippen molar-refractivity contribution in [3.8, 4) is 5.88 Å². The molecule has 1 aromatic heterocycles. The van der Waals surface area contributed by atoms with Crippen LogP contribution in [0.15, 0.2) is 24.4 Å². The fourth-order valence-electron chi connectivity index (χ4n) is 3.04. The van der Waals surface area contributed by atoms with Crippen LogP contribution < -0.4 is 4.74 Å². The molecule has 0 saturated carbocycles. The number of hydrogen-bond acceptors (Lipinski definition) is 5. The molecule has 7 nitrogen and oxygen atoms in total. The fraction of sp³-hybridized carbons (Fsp3) is 0.643. The predicted octanol–water partition coefficient (Wildman–Crippen LogP) is 0.215. The maximum absolute atomic E-state index is 12.3. The molecule has 122 valence electrons. The Labute approximate surface area is 131 Å². The Bertz CT molecular complexity index is 622. The van der Waals surface area contributed by atoms with Crippen molar-refractivity contribution < 1.29 is 17.9 Å². The number of aromatic nitrogens is 1. The first-order valence-corrected chi connectivity index (χ1v) is 8.63. The van der Waals surface area contributed by atoms with Crippen molar-refractivity contribution in [2.45, 2.75) is 0 Å². The highest BCUT2D eigenvalue weighted by Gasteiger charge is 2.54. The van der Waals surface area contributed by atoms with Crippen LogP contribution in [-0.2, 0) is 14.9 Å². The average Bonchev–Trinajstić information content (AvgIpc) is 3.03. The van der Waals surface area contributed by atoms with Crippen LogP contribution >= 0.6 is 0 Å². The molecule has 0 bridgehead atoms. The normalized spacial score (nSPS) is 29.0. The Kier molecular flexibility index (Phi) is 4.11. The zero-order valence-electron chi connectivity index (χ0n) is 12.8. The van der Waals surface area contributed by atoms with Crippen LogP contribution in [0.1, 0.15) is 0 Å². The number of ether oxygens (including phenoxy) is 2. The zero-order valence-corrected chi connectivity index (χ0v) is 13.6. The first-order chi connectivity index (χ1) is 10.4. The van der Waals surface area contributed by atoms with Crippen LogP contribution in [0.5, 0.6) is 5.88 Å². The lowest BCUT2D eigenvalue weighted by atomic mass is 9.82. The summed E-state index contributed by atoms with van der Waals surface area (Å²) in [4.78, 5) is 4.14. The van der Waals surface area contributed by atoms with E-state index < -0.39 is 10.2 Å². The Morgan fingerprint density at radius 2 is 2.32 bits per heavy atom. The van der Waals surface area contributed by atoms with Crippen molar-refractivity contribution in [1.82, 2.24) is 13.6 Å². The molecule has 2 aliphatic rings. The van der Waals surface area contributed by atoms with Gasteiger partial charge < -0.3 is 9.47 Å². The van der Waals surface area contributed by atoms with Gasteiger partial charge in [0.1, 0.15) is 0 Å². The topological polar surface area (TPSA) is 72.0 Å². The summed E-state index contributed by atoms with van der Waals surface area (Å²) in [6.07, 6.45) is 1.67. The molecule has 1 aromatic rings. The van der Waals surface area contributed by atoms with Gasteiger partial charge in [-0.3, -0.25) is 0 Å². The van der Waals surface area contributed by atoms with Gasteiger partial charge in [0.25, 0.3) is 10.2 Å². The Morgan fingerprint density at radius 3 is 3.00 bits per heavy atom. The number of hydrogen-bond donors (Lipinski definition) is 0. The standard InChI is InChI=1S/C14H21N3O4S/c1-16(2)22(18,19)17-7-12-8-20-10-14(12,9-17)11-21-13-5-3-4-6-15-13/h3-6,12H,7-11H2,1-2H3/t12-,14+/m1/s1. The van der Waals surface area contributed by atoms with Crippen LogP contribution in [0.4, 0.5) is 0 Å². The van der Waals surface area contributed by atoms with Crippen molar-refractivity contribution in [2.75, 3.05) is 47.0 Å². The minimum Gasteiger partial charge on any atom is -0.477 e. The molecule has 0 aromatic carbocycles. The van der Waals surface area contributed by atoms with Crippen molar-refractivity contribution in [3.63, 3.8) is 0 Å². The third kappa shape index (κ3) is 2.71. The van der Waals surface area contributed by atoms with E-state index in [0.717, 1.165) is 0 Å². The van der Waals surface area contributed by atoms with E-state index in [4.69, 9.17) is 9.47 Å². The van der Waals surface area contributed by atoms with Gasteiger partial charge in [-0.1, -0.05) is 6.07 Å². The molecule has 22 heavy (non-hydrogen) atoms. The number of pyridine rings is 1. The lowest BCUT2D eigenvalue weighted by molar-refractivity contribution is 0.0987. The SMILES string of the molecule is CN(C)S(=O)(=O)N1C[C@@H]2COC[C@]2(COc2ccccn2)C1. The zero-order chi connectivity index (χ0) is 15.8. The van der Waals surface area contributed by atoms with Gasteiger partial charge in [-0.25, -0.2) is 4.98 Å². The van der Waals surface area contributed by atoms with Gasteiger partial charge in [-0.15, -0.1) is 0 Å². The van der Waals surface area contributed by atoms with E-state index in [1.807, 2.05) is 12.1 Å². The smallest absolute Gasteiger partial charge is 0.281 e. The van der Waals surface area contributed by atoms with Gasteiger partial charge in [0.05, 0.1) is 19.8 Å². The van der Waals surface area contributed by atoms with Gasteiger partial charge in [0.2, 0.25) is 5.88 Å². The van der Waals surface area contributed by atoms with Crippen LogP contribution in [0.2, 0.25) is 0 Å². The molecule has 2 aliphatic heterocycles. The minimum atomic E-state index is -3.40. The van der Waals surface area contributed by atoms with Gasteiger partial charge in [0, 0.05) is 50.8 Å². The Morgan fingerprint density at radius 1 is 1.50 bits per heavy atom. The summed E-state index contributed by atoms with van der Waals surface area (Å²) in [7, 11) is -0.295. The first kappa shape index (κ1) is 15.7. The van der Waals surface area contributed by atoms with Crippen molar-refractivity contribution in [3.05, 3.63) is 24.4 Å². The van der Waals surface area contributed by atoms with E-state index in [1.165, 1.54) is 8.61 Å². The van der Waals surface area contributed by atoms with Crippen LogP contribution in [0.3, 0.4) is 0 Å². The molecular formula is C14H21N3O4S. The maximum atomic E-state index is 12.3. The molecule has 3 rings (SSSR count). The molecular weight excluding hydrogens is 306 g/mol. The molecule has 2 saturated heterocycles. The molecule has 0 unspecified atom stereocenters. The molecule has 2 atom stereocenters. The largest absolute Gasteiger partial charge is 0.477 e. The van der Waals surface area contributed by atoms with Crippen LogP contribution in [0, 0.1) is 11.3 Å². The highest BCUT2D eigenvalue weighted by molar-refractivity contribution is 7.86. The third-order valence-corrected chi connectivity index (χ3v) is 6.28. The number of fused-ring (bicyclic) bond motifs is 1. The van der Waals surface area contributed by atoms with Crippen LogP contribution in [0.25, 0.3) is 0 Å². The van der Waals surface area contributed by atoms with E-state index in [-0.39, 0.29) is 11.3 Å². The number of nitrogens with zero attached hydrogens (tertiary/aromatic N) is 3. The second-order valence-corrected chi connectivity index (χ2v) is 8.26. The maximum Gasteiger partial charge on any atom is 0.281 e. The second kappa shape index (κ2) is 5.77. The second-order valence-electron chi connectivity index (χ2n) is 6.11. The highest BCUT2D eigenvalue weighted by atomic mass is 32.2. The molecule has 0 radical (unpaired) electrons. The third-order valence-electron chi connectivity index (χ3n) is 4.42. The Balaban J connectivity index is 1.74. The number of rotatable bonds is 5. The minimum absolute atomic E-state index is 0.158. The predicted molar refractivity (Wildman–Crippen MR) is 80.7 cm³/mol. The fourth-order valence-corrected chi connectivity index (χ4v) is 4.29. The average molecular weight is 327 g/mol. The van der Waals surface area contributed by atoms with Crippen molar-refractivity contribution in [1.29, 1.82) is 0 Å². The Hall–Kier alpha value is -1.22.